The quantitative estimate of drug-likeness (QED) is 0.155. The van der Waals surface area contributed by atoms with E-state index >= 15 is 0 Å². The Morgan fingerprint density at radius 2 is 1.19 bits per heavy atom. The van der Waals surface area contributed by atoms with E-state index < -0.39 is 0 Å². The number of unbranched alkanes of at least 4 members (excludes halogenated alkanes) is 8. The molecule has 0 N–H and O–H groups in total. The van der Waals surface area contributed by atoms with E-state index in [1.165, 1.54) is 115 Å². The van der Waals surface area contributed by atoms with Crippen molar-refractivity contribution in [3.05, 3.63) is 22.4 Å². The van der Waals surface area contributed by atoms with Gasteiger partial charge in [0.2, 0.25) is 0 Å². The van der Waals surface area contributed by atoms with Gasteiger partial charge in [0.15, 0.2) is 0 Å². The van der Waals surface area contributed by atoms with Gasteiger partial charge in [-0.3, -0.25) is 0 Å². The Bertz CT molecular complexity index is 497. The van der Waals surface area contributed by atoms with Crippen LogP contribution in [0.1, 0.15) is 149 Å². The Morgan fingerprint density at radius 1 is 0.688 bits per heavy atom. The normalized spacial score (nSPS) is 12.5. The van der Waals surface area contributed by atoms with Crippen LogP contribution >= 0.6 is 11.3 Å². The van der Waals surface area contributed by atoms with Gasteiger partial charge in [0, 0.05) is 0 Å². The Balaban J connectivity index is 2.19. The monoisotopic (exact) mass is 464 g/mol. The molecule has 0 unspecified atom stereocenters. The molecule has 0 fully saturated rings. The number of rotatable bonds is 22. The lowest BCUT2D eigenvalue weighted by atomic mass is 9.71. The van der Waals surface area contributed by atoms with Crippen LogP contribution in [-0.4, -0.2) is 12.2 Å². The molecule has 0 saturated heterocycles. The minimum absolute atomic E-state index is 0.0213. The SMILES string of the molecule is CCCCC(CCCC)(CCCC)CCCCCCCCC(C)(C)OCCc1ccsc1. The molecule has 0 atom stereocenters. The summed E-state index contributed by atoms with van der Waals surface area (Å²) in [5.74, 6) is 0. The highest BCUT2D eigenvalue weighted by Gasteiger charge is 2.27. The zero-order valence-electron chi connectivity index (χ0n) is 22.5. The van der Waals surface area contributed by atoms with E-state index in [1.54, 1.807) is 11.3 Å². The topological polar surface area (TPSA) is 9.23 Å². The molecular formula is C30H56OS. The first kappa shape index (κ1) is 29.7. The fourth-order valence-corrected chi connectivity index (χ4v) is 5.82. The molecule has 2 heteroatoms. The molecule has 0 aliphatic heterocycles. The van der Waals surface area contributed by atoms with Crippen LogP contribution in [0.5, 0.6) is 0 Å². The van der Waals surface area contributed by atoms with Crippen LogP contribution in [0.3, 0.4) is 0 Å². The van der Waals surface area contributed by atoms with Gasteiger partial charge in [0.05, 0.1) is 12.2 Å². The Hall–Kier alpha value is -0.340. The van der Waals surface area contributed by atoms with Gasteiger partial charge >= 0.3 is 0 Å². The van der Waals surface area contributed by atoms with E-state index in [0.717, 1.165) is 13.0 Å². The van der Waals surface area contributed by atoms with Gasteiger partial charge < -0.3 is 4.74 Å². The molecule has 0 radical (unpaired) electrons. The average molecular weight is 465 g/mol. The Morgan fingerprint density at radius 3 is 1.69 bits per heavy atom. The molecule has 1 rings (SSSR count). The van der Waals surface area contributed by atoms with Crippen LogP contribution in [0, 0.1) is 5.41 Å². The average Bonchev–Trinajstić information content (AvgIpc) is 3.29. The molecule has 188 valence electrons. The van der Waals surface area contributed by atoms with E-state index in [1.807, 2.05) is 0 Å². The smallest absolute Gasteiger partial charge is 0.0626 e. The molecule has 1 aromatic rings. The molecule has 32 heavy (non-hydrogen) atoms. The highest BCUT2D eigenvalue weighted by atomic mass is 32.1. The lowest BCUT2D eigenvalue weighted by molar-refractivity contribution is -0.0233. The molecule has 0 amide bonds. The van der Waals surface area contributed by atoms with E-state index in [4.69, 9.17) is 4.74 Å². The largest absolute Gasteiger partial charge is 0.375 e. The van der Waals surface area contributed by atoms with Crippen LogP contribution < -0.4 is 0 Å². The van der Waals surface area contributed by atoms with Crippen molar-refractivity contribution in [1.29, 1.82) is 0 Å². The van der Waals surface area contributed by atoms with E-state index in [2.05, 4.69) is 51.4 Å². The van der Waals surface area contributed by atoms with Gasteiger partial charge in [0.25, 0.3) is 0 Å². The first-order valence-corrected chi connectivity index (χ1v) is 15.1. The predicted molar refractivity (Wildman–Crippen MR) is 146 cm³/mol. The summed E-state index contributed by atoms with van der Waals surface area (Å²) in [4.78, 5) is 0. The molecule has 1 nitrogen and oxygen atoms in total. The molecule has 0 spiro atoms. The van der Waals surface area contributed by atoms with Crippen molar-refractivity contribution in [1.82, 2.24) is 0 Å². The summed E-state index contributed by atoms with van der Waals surface area (Å²) >= 11 is 1.78. The third kappa shape index (κ3) is 14.0. The van der Waals surface area contributed by atoms with Crippen LogP contribution in [0.4, 0.5) is 0 Å². The number of hydrogen-bond donors (Lipinski definition) is 0. The van der Waals surface area contributed by atoms with Gasteiger partial charge in [-0.2, -0.15) is 11.3 Å². The van der Waals surface area contributed by atoms with Gasteiger partial charge in [0.1, 0.15) is 0 Å². The highest BCUT2D eigenvalue weighted by molar-refractivity contribution is 7.07. The van der Waals surface area contributed by atoms with Crippen molar-refractivity contribution in [2.24, 2.45) is 5.41 Å². The third-order valence-corrected chi connectivity index (χ3v) is 8.11. The molecule has 1 heterocycles. The summed E-state index contributed by atoms with van der Waals surface area (Å²) in [6, 6.07) is 2.21. The van der Waals surface area contributed by atoms with Crippen molar-refractivity contribution in [3.8, 4) is 0 Å². The molecular weight excluding hydrogens is 408 g/mol. The maximum atomic E-state index is 6.19. The zero-order chi connectivity index (χ0) is 23.5. The third-order valence-electron chi connectivity index (χ3n) is 7.38. The van der Waals surface area contributed by atoms with Gasteiger partial charge in [-0.15, -0.1) is 0 Å². The first-order valence-electron chi connectivity index (χ1n) is 14.1. The van der Waals surface area contributed by atoms with Crippen molar-refractivity contribution >= 4 is 11.3 Å². The second-order valence-corrected chi connectivity index (χ2v) is 11.7. The number of hydrogen-bond acceptors (Lipinski definition) is 2. The minimum atomic E-state index is 0.0213. The van der Waals surface area contributed by atoms with Crippen molar-refractivity contribution in [2.75, 3.05) is 6.61 Å². The molecule has 0 saturated carbocycles. The van der Waals surface area contributed by atoms with Crippen LogP contribution in [0.25, 0.3) is 0 Å². The summed E-state index contributed by atoms with van der Waals surface area (Å²) in [6.07, 6.45) is 24.9. The second kappa shape index (κ2) is 18.0. The molecule has 0 aliphatic rings. The summed E-state index contributed by atoms with van der Waals surface area (Å²) in [7, 11) is 0. The van der Waals surface area contributed by atoms with E-state index in [0.29, 0.717) is 5.41 Å². The number of thiophene rings is 1. The summed E-state index contributed by atoms with van der Waals surface area (Å²) in [5.41, 5.74) is 2.09. The lowest BCUT2D eigenvalue weighted by Crippen LogP contribution is -2.25. The summed E-state index contributed by atoms with van der Waals surface area (Å²) in [6.45, 7) is 12.5. The molecule has 0 aliphatic carbocycles. The van der Waals surface area contributed by atoms with Crippen LogP contribution in [0.2, 0.25) is 0 Å². The fraction of sp³-hybridized carbons (Fsp3) is 0.867. The summed E-state index contributed by atoms with van der Waals surface area (Å²) in [5, 5.41) is 4.39. The number of ether oxygens (including phenoxy) is 1. The molecule has 0 aromatic carbocycles. The highest BCUT2D eigenvalue weighted by Crippen LogP contribution is 2.41. The van der Waals surface area contributed by atoms with Gasteiger partial charge in [-0.1, -0.05) is 97.8 Å². The fourth-order valence-electron chi connectivity index (χ4n) is 5.12. The standard InChI is InChI=1S/C30H56OS/c1-6-9-21-30(22-10-7-2,23-11-8-3)24-17-15-13-12-14-16-20-29(4,5)31-25-18-28-19-26-32-27-28/h19,26-27H,6-18,20-25H2,1-5H3. The van der Waals surface area contributed by atoms with Crippen LogP contribution in [-0.2, 0) is 11.2 Å². The summed E-state index contributed by atoms with van der Waals surface area (Å²) < 4.78 is 6.19. The minimum Gasteiger partial charge on any atom is -0.375 e. The van der Waals surface area contributed by atoms with Crippen molar-refractivity contribution in [3.63, 3.8) is 0 Å². The molecule has 0 bridgehead atoms. The zero-order valence-corrected chi connectivity index (χ0v) is 23.3. The Labute approximate surface area is 206 Å². The Kier molecular flexibility index (Phi) is 16.7. The van der Waals surface area contributed by atoms with Crippen molar-refractivity contribution in [2.45, 2.75) is 156 Å². The van der Waals surface area contributed by atoms with Crippen molar-refractivity contribution < 1.29 is 4.74 Å². The maximum absolute atomic E-state index is 6.19. The lowest BCUT2D eigenvalue weighted by Gasteiger charge is -2.35. The predicted octanol–water partition coefficient (Wildman–Crippen LogP) is 10.8. The van der Waals surface area contributed by atoms with E-state index in [9.17, 15) is 0 Å². The first-order chi connectivity index (χ1) is 15.5. The maximum Gasteiger partial charge on any atom is 0.0626 e. The second-order valence-electron chi connectivity index (χ2n) is 10.9. The molecule has 1 aromatic heterocycles. The van der Waals surface area contributed by atoms with Gasteiger partial charge in [-0.05, 0) is 80.2 Å². The van der Waals surface area contributed by atoms with Crippen LogP contribution in [0.15, 0.2) is 16.8 Å². The van der Waals surface area contributed by atoms with Gasteiger partial charge in [-0.25, -0.2) is 0 Å². The van der Waals surface area contributed by atoms with E-state index in [-0.39, 0.29) is 5.60 Å².